The van der Waals surface area contributed by atoms with Gasteiger partial charge in [0.05, 0.1) is 0 Å². The molecule has 60 valence electrons. The van der Waals surface area contributed by atoms with E-state index in [1.807, 2.05) is 6.20 Å². The molecule has 0 spiro atoms. The first-order valence-electron chi connectivity index (χ1n) is 4.13. The van der Waals surface area contributed by atoms with Gasteiger partial charge in [-0.1, -0.05) is 0 Å². The first kappa shape index (κ1) is 7.23. The van der Waals surface area contributed by atoms with E-state index < -0.39 is 0 Å². The summed E-state index contributed by atoms with van der Waals surface area (Å²) in [6.45, 7) is 0. The third-order valence-corrected chi connectivity index (χ3v) is 2.83. The number of rotatable bonds is 1. The Morgan fingerprint density at radius 2 is 2.36 bits per heavy atom. The van der Waals surface area contributed by atoms with Gasteiger partial charge in [0.15, 0.2) is 0 Å². The Morgan fingerprint density at radius 1 is 1.45 bits per heavy atom. The monoisotopic (exact) mass is 169 g/mol. The van der Waals surface area contributed by atoms with Gasteiger partial charge in [-0.25, -0.2) is 0 Å². The van der Waals surface area contributed by atoms with Crippen LogP contribution in [0.4, 0.5) is 0 Å². The molecule has 0 radical (unpaired) electrons. The second-order valence-corrected chi connectivity index (χ2v) is 3.85. The molecule has 11 heavy (non-hydrogen) atoms. The van der Waals surface area contributed by atoms with Gasteiger partial charge in [-0.2, -0.15) is 0 Å². The summed E-state index contributed by atoms with van der Waals surface area (Å²) in [4.78, 5) is 3.24. The van der Waals surface area contributed by atoms with Gasteiger partial charge < -0.3 is 4.98 Å². The minimum atomic E-state index is 0.406. The molecule has 2 rings (SSSR count). The lowest BCUT2D eigenvalue weighted by Gasteiger charge is -2.04. The molecule has 1 nitrogen and oxygen atoms in total. The minimum absolute atomic E-state index is 0.406. The van der Waals surface area contributed by atoms with Crippen LogP contribution in [0, 0.1) is 0 Å². The topological polar surface area (TPSA) is 15.8 Å². The number of nitrogens with one attached hydrogen (secondary N) is 1. The summed E-state index contributed by atoms with van der Waals surface area (Å²) in [6, 6.07) is 4.20. The van der Waals surface area contributed by atoms with Crippen LogP contribution in [0.15, 0.2) is 18.3 Å². The average Bonchev–Trinajstić information content (AvgIpc) is 2.55. The van der Waals surface area contributed by atoms with Crippen LogP contribution in [0.2, 0.25) is 0 Å². The largest absolute Gasteiger partial charge is 0.365 e. The minimum Gasteiger partial charge on any atom is -0.365 e. The van der Waals surface area contributed by atoms with Crippen LogP contribution in [0.25, 0.3) is 0 Å². The zero-order valence-corrected chi connectivity index (χ0v) is 7.14. The van der Waals surface area contributed by atoms with Crippen molar-refractivity contribution in [1.29, 1.82) is 0 Å². The lowest BCUT2D eigenvalue weighted by molar-refractivity contribution is 0.703. The van der Waals surface area contributed by atoms with Crippen molar-refractivity contribution in [2.75, 3.05) is 0 Å². The Kier molecular flexibility index (Phi) is 1.91. The maximum atomic E-state index is 6.01. The molecule has 0 amide bonds. The standard InChI is InChI=1S/C9H12ClN/c10-8-4-3-7(6-8)9-2-1-5-11-9/h1-2,5,7-8,11H,3-4,6H2. The molecule has 1 aromatic rings. The Balaban J connectivity index is 2.08. The van der Waals surface area contributed by atoms with E-state index >= 15 is 0 Å². The fraction of sp³-hybridized carbons (Fsp3) is 0.556. The van der Waals surface area contributed by atoms with E-state index in [4.69, 9.17) is 11.6 Å². The number of halogens is 1. The molecule has 2 unspecified atom stereocenters. The number of aromatic amines is 1. The van der Waals surface area contributed by atoms with E-state index in [-0.39, 0.29) is 0 Å². The molecule has 0 aliphatic heterocycles. The number of H-pyrrole nitrogens is 1. The third kappa shape index (κ3) is 1.43. The molecule has 1 fully saturated rings. The van der Waals surface area contributed by atoms with Crippen LogP contribution >= 0.6 is 11.6 Å². The van der Waals surface area contributed by atoms with Crippen molar-refractivity contribution in [3.63, 3.8) is 0 Å². The molecule has 1 N–H and O–H groups in total. The number of alkyl halides is 1. The van der Waals surface area contributed by atoms with Crippen molar-refractivity contribution >= 4 is 11.6 Å². The molecule has 0 saturated heterocycles. The Hall–Kier alpha value is -0.430. The molecule has 0 bridgehead atoms. The van der Waals surface area contributed by atoms with E-state index in [0.717, 1.165) is 6.42 Å². The van der Waals surface area contributed by atoms with Crippen LogP contribution in [-0.4, -0.2) is 10.4 Å². The molecule has 2 atom stereocenters. The zero-order valence-electron chi connectivity index (χ0n) is 6.39. The summed E-state index contributed by atoms with van der Waals surface area (Å²) in [7, 11) is 0. The molecular formula is C9H12ClN. The van der Waals surface area contributed by atoms with Gasteiger partial charge in [-0.05, 0) is 31.4 Å². The zero-order chi connectivity index (χ0) is 7.68. The van der Waals surface area contributed by atoms with Crippen LogP contribution in [-0.2, 0) is 0 Å². The summed E-state index contributed by atoms with van der Waals surface area (Å²) < 4.78 is 0. The lowest BCUT2D eigenvalue weighted by atomic mass is 10.1. The van der Waals surface area contributed by atoms with Gasteiger partial charge in [0.2, 0.25) is 0 Å². The van der Waals surface area contributed by atoms with Crippen LogP contribution in [0.1, 0.15) is 30.9 Å². The quantitative estimate of drug-likeness (QED) is 0.623. The molecule has 2 heteroatoms. The van der Waals surface area contributed by atoms with E-state index in [0.29, 0.717) is 11.3 Å². The molecule has 1 aromatic heterocycles. The molecule has 1 heterocycles. The number of aromatic nitrogens is 1. The second kappa shape index (κ2) is 2.90. The first-order valence-corrected chi connectivity index (χ1v) is 4.57. The highest BCUT2D eigenvalue weighted by Gasteiger charge is 2.24. The maximum absolute atomic E-state index is 6.01. The summed E-state index contributed by atoms with van der Waals surface area (Å²) in [5.41, 5.74) is 1.35. The van der Waals surface area contributed by atoms with Gasteiger partial charge in [0.1, 0.15) is 0 Å². The predicted molar refractivity (Wildman–Crippen MR) is 47.0 cm³/mol. The highest BCUT2D eigenvalue weighted by atomic mass is 35.5. The highest BCUT2D eigenvalue weighted by Crippen LogP contribution is 2.35. The Morgan fingerprint density at radius 3 is 2.91 bits per heavy atom. The normalized spacial score (nSPS) is 31.0. The van der Waals surface area contributed by atoms with E-state index in [1.54, 1.807) is 0 Å². The van der Waals surface area contributed by atoms with Crippen molar-refractivity contribution < 1.29 is 0 Å². The highest BCUT2D eigenvalue weighted by molar-refractivity contribution is 6.20. The van der Waals surface area contributed by atoms with Crippen LogP contribution in [0.5, 0.6) is 0 Å². The molecule has 1 aliphatic carbocycles. The van der Waals surface area contributed by atoms with Crippen molar-refractivity contribution in [3.8, 4) is 0 Å². The smallest absolute Gasteiger partial charge is 0.0342 e. The molecule has 0 aromatic carbocycles. The van der Waals surface area contributed by atoms with Gasteiger partial charge in [-0.15, -0.1) is 11.6 Å². The molecule has 1 aliphatic rings. The van der Waals surface area contributed by atoms with Gasteiger partial charge in [0.25, 0.3) is 0 Å². The average molecular weight is 170 g/mol. The molecular weight excluding hydrogens is 158 g/mol. The third-order valence-electron chi connectivity index (χ3n) is 2.43. The van der Waals surface area contributed by atoms with Gasteiger partial charge in [0, 0.05) is 23.2 Å². The maximum Gasteiger partial charge on any atom is 0.0342 e. The molecule has 1 saturated carbocycles. The van der Waals surface area contributed by atoms with Crippen molar-refractivity contribution in [2.24, 2.45) is 0 Å². The summed E-state index contributed by atoms with van der Waals surface area (Å²) in [6.07, 6.45) is 5.54. The lowest BCUT2D eigenvalue weighted by Crippen LogP contribution is -1.93. The summed E-state index contributed by atoms with van der Waals surface area (Å²) in [5.74, 6) is 0.687. The number of hydrogen-bond acceptors (Lipinski definition) is 0. The van der Waals surface area contributed by atoms with E-state index in [1.165, 1.54) is 18.5 Å². The summed E-state index contributed by atoms with van der Waals surface area (Å²) in [5, 5.41) is 0.406. The van der Waals surface area contributed by atoms with E-state index in [2.05, 4.69) is 17.1 Å². The Bertz CT molecular complexity index is 217. The Labute approximate surface area is 71.8 Å². The van der Waals surface area contributed by atoms with Crippen LogP contribution in [0.3, 0.4) is 0 Å². The SMILES string of the molecule is ClC1CCC(c2ccc[nH]2)C1. The van der Waals surface area contributed by atoms with Gasteiger partial charge >= 0.3 is 0 Å². The fourth-order valence-electron chi connectivity index (χ4n) is 1.81. The van der Waals surface area contributed by atoms with Crippen molar-refractivity contribution in [2.45, 2.75) is 30.6 Å². The number of hydrogen-bond donors (Lipinski definition) is 1. The van der Waals surface area contributed by atoms with Crippen molar-refractivity contribution in [1.82, 2.24) is 4.98 Å². The first-order chi connectivity index (χ1) is 5.36. The fourth-order valence-corrected chi connectivity index (χ4v) is 2.15. The summed E-state index contributed by atoms with van der Waals surface area (Å²) >= 11 is 6.01. The van der Waals surface area contributed by atoms with Crippen molar-refractivity contribution in [3.05, 3.63) is 24.0 Å². The predicted octanol–water partition coefficient (Wildman–Crippen LogP) is 2.89. The van der Waals surface area contributed by atoms with Gasteiger partial charge in [-0.3, -0.25) is 0 Å². The second-order valence-electron chi connectivity index (χ2n) is 3.23. The van der Waals surface area contributed by atoms with E-state index in [9.17, 15) is 0 Å². The van der Waals surface area contributed by atoms with Crippen LogP contribution < -0.4 is 0 Å².